The standard InChI is InChI=1S/C11H9ClN2O3S/c12-6-2-1-3-7(4-6)13-11-14-10(17)8(18-11)5-9(15)16/h1-4,8H,5H2,(H,15,16)(H,13,14,17). The minimum atomic E-state index is -1.01. The number of benzene rings is 1. The number of rotatable bonds is 3. The van der Waals surface area contributed by atoms with Crippen LogP contribution in [0.4, 0.5) is 5.69 Å². The zero-order chi connectivity index (χ0) is 13.1. The lowest BCUT2D eigenvalue weighted by atomic mass is 10.3. The Hall–Kier alpha value is -1.53. The minimum absolute atomic E-state index is 0.217. The lowest BCUT2D eigenvalue weighted by molar-refractivity contribution is -0.138. The van der Waals surface area contributed by atoms with E-state index in [4.69, 9.17) is 16.7 Å². The maximum Gasteiger partial charge on any atom is 0.305 e. The molecule has 1 aromatic rings. The predicted molar refractivity (Wildman–Crippen MR) is 70.3 cm³/mol. The molecule has 7 heteroatoms. The van der Waals surface area contributed by atoms with Gasteiger partial charge in [0.2, 0.25) is 5.91 Å². The van der Waals surface area contributed by atoms with Gasteiger partial charge in [-0.2, -0.15) is 0 Å². The van der Waals surface area contributed by atoms with Crippen molar-refractivity contribution in [2.75, 3.05) is 0 Å². The summed E-state index contributed by atoms with van der Waals surface area (Å²) in [6.07, 6.45) is -0.217. The minimum Gasteiger partial charge on any atom is -0.481 e. The van der Waals surface area contributed by atoms with Crippen LogP contribution in [0.1, 0.15) is 6.42 Å². The zero-order valence-corrected chi connectivity index (χ0v) is 10.7. The number of carbonyl (C=O) groups is 2. The van der Waals surface area contributed by atoms with Crippen LogP contribution in [0, 0.1) is 0 Å². The molecule has 1 atom stereocenters. The van der Waals surface area contributed by atoms with E-state index in [2.05, 4.69) is 10.3 Å². The van der Waals surface area contributed by atoms with Crippen molar-refractivity contribution in [3.8, 4) is 0 Å². The van der Waals surface area contributed by atoms with Crippen LogP contribution in [-0.4, -0.2) is 27.4 Å². The van der Waals surface area contributed by atoms with Crippen LogP contribution in [0.5, 0.6) is 0 Å². The number of carbonyl (C=O) groups excluding carboxylic acids is 1. The van der Waals surface area contributed by atoms with Gasteiger partial charge in [0.05, 0.1) is 12.1 Å². The Balaban J connectivity index is 2.12. The molecule has 1 aliphatic rings. The molecule has 0 radical (unpaired) electrons. The van der Waals surface area contributed by atoms with Gasteiger partial charge >= 0.3 is 5.97 Å². The molecule has 1 heterocycles. The van der Waals surface area contributed by atoms with E-state index >= 15 is 0 Å². The van der Waals surface area contributed by atoms with E-state index in [0.717, 1.165) is 11.8 Å². The molecule has 1 unspecified atom stereocenters. The number of carboxylic acid groups (broad SMARTS) is 1. The normalized spacial score (nSPS) is 21.1. The highest BCUT2D eigenvalue weighted by Crippen LogP contribution is 2.26. The molecule has 0 bridgehead atoms. The van der Waals surface area contributed by atoms with Crippen molar-refractivity contribution in [1.29, 1.82) is 0 Å². The van der Waals surface area contributed by atoms with Crippen LogP contribution in [-0.2, 0) is 9.59 Å². The molecule has 0 aromatic heterocycles. The van der Waals surface area contributed by atoms with E-state index in [1.54, 1.807) is 24.3 Å². The number of hydrogen-bond donors (Lipinski definition) is 2. The van der Waals surface area contributed by atoms with Gasteiger partial charge in [-0.25, -0.2) is 4.99 Å². The summed E-state index contributed by atoms with van der Waals surface area (Å²) in [5.74, 6) is -1.34. The molecule has 2 N–H and O–H groups in total. The van der Waals surface area contributed by atoms with Gasteiger partial charge < -0.3 is 10.4 Å². The number of aliphatic carboxylic acids is 1. The van der Waals surface area contributed by atoms with E-state index in [0.29, 0.717) is 15.9 Å². The van der Waals surface area contributed by atoms with Crippen LogP contribution >= 0.6 is 23.4 Å². The van der Waals surface area contributed by atoms with Crippen LogP contribution in [0.2, 0.25) is 5.02 Å². The molecule has 0 aliphatic carbocycles. The fraction of sp³-hybridized carbons (Fsp3) is 0.182. The Morgan fingerprint density at radius 1 is 1.56 bits per heavy atom. The van der Waals surface area contributed by atoms with Crippen LogP contribution in [0.3, 0.4) is 0 Å². The van der Waals surface area contributed by atoms with Gasteiger partial charge in [0, 0.05) is 5.02 Å². The second-order valence-corrected chi connectivity index (χ2v) is 5.22. The highest BCUT2D eigenvalue weighted by Gasteiger charge is 2.31. The third-order valence-electron chi connectivity index (χ3n) is 2.18. The maximum absolute atomic E-state index is 11.5. The summed E-state index contributed by atoms with van der Waals surface area (Å²) in [7, 11) is 0. The number of aliphatic imine (C=N–C) groups is 1. The number of amidine groups is 1. The third kappa shape index (κ3) is 3.24. The molecular weight excluding hydrogens is 276 g/mol. The van der Waals surface area contributed by atoms with Crippen LogP contribution in [0.25, 0.3) is 0 Å². The average molecular weight is 285 g/mol. The first-order valence-corrected chi connectivity index (χ1v) is 6.34. The molecule has 0 saturated carbocycles. The van der Waals surface area contributed by atoms with E-state index in [9.17, 15) is 9.59 Å². The second kappa shape index (κ2) is 5.41. The summed E-state index contributed by atoms with van der Waals surface area (Å²) >= 11 is 6.93. The number of halogens is 1. The fourth-order valence-electron chi connectivity index (χ4n) is 1.41. The Bertz CT molecular complexity index is 533. The molecule has 1 saturated heterocycles. The lowest BCUT2D eigenvalue weighted by Crippen LogP contribution is -2.26. The van der Waals surface area contributed by atoms with E-state index in [1.165, 1.54) is 0 Å². The second-order valence-electron chi connectivity index (χ2n) is 3.59. The summed E-state index contributed by atoms with van der Waals surface area (Å²) in [5.41, 5.74) is 0.612. The molecule has 1 fully saturated rings. The quantitative estimate of drug-likeness (QED) is 0.890. The van der Waals surface area contributed by atoms with Gasteiger partial charge in [0.1, 0.15) is 5.25 Å². The van der Waals surface area contributed by atoms with E-state index in [1.807, 2.05) is 0 Å². The van der Waals surface area contributed by atoms with E-state index in [-0.39, 0.29) is 12.3 Å². The van der Waals surface area contributed by atoms with Gasteiger partial charge in [-0.15, -0.1) is 0 Å². The molecule has 1 amide bonds. The number of nitrogens with zero attached hydrogens (tertiary/aromatic N) is 1. The van der Waals surface area contributed by atoms with Gasteiger partial charge in [0.25, 0.3) is 0 Å². The molecule has 0 spiro atoms. The summed E-state index contributed by atoms with van der Waals surface area (Å²) < 4.78 is 0. The molecular formula is C11H9ClN2O3S. The Labute approximate surface area is 112 Å². The summed E-state index contributed by atoms with van der Waals surface area (Å²) in [5, 5.41) is 11.5. The lowest BCUT2D eigenvalue weighted by Gasteiger charge is -1.98. The maximum atomic E-state index is 11.5. The highest BCUT2D eigenvalue weighted by molar-refractivity contribution is 8.15. The number of thioether (sulfide) groups is 1. The van der Waals surface area contributed by atoms with Crippen molar-refractivity contribution in [3.05, 3.63) is 29.3 Å². The largest absolute Gasteiger partial charge is 0.481 e. The Morgan fingerprint density at radius 3 is 3.00 bits per heavy atom. The number of carboxylic acids is 1. The number of nitrogens with one attached hydrogen (secondary N) is 1. The highest BCUT2D eigenvalue weighted by atomic mass is 35.5. The molecule has 18 heavy (non-hydrogen) atoms. The fourth-order valence-corrected chi connectivity index (χ4v) is 2.58. The van der Waals surface area contributed by atoms with Crippen molar-refractivity contribution < 1.29 is 14.7 Å². The van der Waals surface area contributed by atoms with Crippen molar-refractivity contribution in [1.82, 2.24) is 5.32 Å². The van der Waals surface area contributed by atoms with Crippen molar-refractivity contribution >= 4 is 46.1 Å². The average Bonchev–Trinajstić information content (AvgIpc) is 2.58. The molecule has 1 aromatic carbocycles. The monoisotopic (exact) mass is 284 g/mol. The molecule has 2 rings (SSSR count). The molecule has 1 aliphatic heterocycles. The SMILES string of the molecule is O=C(O)CC1SC(=Nc2cccc(Cl)c2)NC1=O. The van der Waals surface area contributed by atoms with Crippen LogP contribution in [0.15, 0.2) is 29.3 Å². The topological polar surface area (TPSA) is 78.8 Å². The summed E-state index contributed by atoms with van der Waals surface area (Å²) in [6, 6.07) is 6.87. The number of hydrogen-bond acceptors (Lipinski definition) is 4. The van der Waals surface area contributed by atoms with Crippen molar-refractivity contribution in [2.24, 2.45) is 4.99 Å². The van der Waals surface area contributed by atoms with Gasteiger partial charge in [-0.1, -0.05) is 29.4 Å². The van der Waals surface area contributed by atoms with Crippen LogP contribution < -0.4 is 5.32 Å². The first-order chi connectivity index (χ1) is 8.54. The predicted octanol–water partition coefficient (Wildman–Crippen LogP) is 2.03. The summed E-state index contributed by atoms with van der Waals surface area (Å²) in [4.78, 5) is 26.2. The van der Waals surface area contributed by atoms with E-state index < -0.39 is 11.2 Å². The van der Waals surface area contributed by atoms with Crippen molar-refractivity contribution in [2.45, 2.75) is 11.7 Å². The summed E-state index contributed by atoms with van der Waals surface area (Å²) in [6.45, 7) is 0. The Morgan fingerprint density at radius 2 is 2.33 bits per heavy atom. The van der Waals surface area contributed by atoms with Crippen molar-refractivity contribution in [3.63, 3.8) is 0 Å². The third-order valence-corrected chi connectivity index (χ3v) is 3.49. The van der Waals surface area contributed by atoms with Gasteiger partial charge in [-0.05, 0) is 18.2 Å². The zero-order valence-electron chi connectivity index (χ0n) is 9.09. The molecule has 94 valence electrons. The first-order valence-electron chi connectivity index (χ1n) is 5.08. The van der Waals surface area contributed by atoms with Gasteiger partial charge in [0.15, 0.2) is 5.17 Å². The smallest absolute Gasteiger partial charge is 0.305 e. The number of amides is 1. The van der Waals surface area contributed by atoms with Gasteiger partial charge in [-0.3, -0.25) is 9.59 Å². The molecule has 5 nitrogen and oxygen atoms in total. The first kappa shape index (κ1) is 12.9. The Kier molecular flexibility index (Phi) is 3.88.